The number of benzene rings is 1. The van der Waals surface area contributed by atoms with Gasteiger partial charge in [0.2, 0.25) is 0 Å². The predicted molar refractivity (Wildman–Crippen MR) is 71.0 cm³/mol. The van der Waals surface area contributed by atoms with E-state index in [0.717, 1.165) is 18.4 Å². The second kappa shape index (κ2) is 8.62. The third-order valence-electron chi connectivity index (χ3n) is 2.25. The van der Waals surface area contributed by atoms with E-state index in [1.165, 1.54) is 5.56 Å². The molecule has 0 atom stereocenters. The summed E-state index contributed by atoms with van der Waals surface area (Å²) in [6.45, 7) is 5.11. The van der Waals surface area contributed by atoms with Crippen LogP contribution in [-0.4, -0.2) is 12.7 Å². The molecular weight excluding hydrogens is 214 g/mol. The topological polar surface area (TPSA) is 38.3 Å². The molecule has 0 saturated heterocycles. The van der Waals surface area contributed by atoms with Gasteiger partial charge in [0.1, 0.15) is 0 Å². The van der Waals surface area contributed by atoms with Crippen molar-refractivity contribution in [2.45, 2.75) is 40.7 Å². The molecule has 0 aromatic heterocycles. The van der Waals surface area contributed by atoms with E-state index in [4.69, 9.17) is 4.74 Å². The maximum Gasteiger partial charge on any atom is 0.407 e. The number of alkyl carbamates (subject to hydrolysis) is 1. The molecule has 0 fully saturated rings. The minimum absolute atomic E-state index is 0. The fourth-order valence-electron chi connectivity index (χ4n) is 1.36. The SMILES string of the molecule is C.CCCCOC(=O)NCc1cccc(C)c1. The maximum atomic E-state index is 11.2. The molecule has 0 radical (unpaired) electrons. The summed E-state index contributed by atoms with van der Waals surface area (Å²) in [5, 5.41) is 2.72. The molecular formula is C14H23NO2. The zero-order chi connectivity index (χ0) is 11.8. The summed E-state index contributed by atoms with van der Waals surface area (Å²) in [6.07, 6.45) is 1.61. The second-order valence-corrected chi connectivity index (χ2v) is 3.83. The first kappa shape index (κ1) is 15.5. The first-order valence-corrected chi connectivity index (χ1v) is 5.68. The van der Waals surface area contributed by atoms with Gasteiger partial charge in [-0.2, -0.15) is 0 Å². The minimum atomic E-state index is -0.338. The number of unbranched alkanes of at least 4 members (excludes halogenated alkanes) is 1. The Morgan fingerprint density at radius 3 is 2.82 bits per heavy atom. The third-order valence-corrected chi connectivity index (χ3v) is 2.25. The zero-order valence-corrected chi connectivity index (χ0v) is 9.95. The lowest BCUT2D eigenvalue weighted by molar-refractivity contribution is 0.144. The summed E-state index contributed by atoms with van der Waals surface area (Å²) >= 11 is 0. The van der Waals surface area contributed by atoms with E-state index in [1.54, 1.807) is 0 Å². The van der Waals surface area contributed by atoms with Gasteiger partial charge >= 0.3 is 6.09 Å². The molecule has 0 bridgehead atoms. The van der Waals surface area contributed by atoms with Gasteiger partial charge in [0.05, 0.1) is 6.61 Å². The van der Waals surface area contributed by atoms with E-state index in [-0.39, 0.29) is 13.5 Å². The standard InChI is InChI=1S/C13H19NO2.CH4/c1-3-4-8-16-13(15)14-10-12-7-5-6-11(2)9-12;/h5-7,9H,3-4,8,10H2,1-2H3,(H,14,15);1H4. The van der Waals surface area contributed by atoms with Crippen molar-refractivity contribution in [3.8, 4) is 0 Å². The van der Waals surface area contributed by atoms with Crippen molar-refractivity contribution >= 4 is 6.09 Å². The highest BCUT2D eigenvalue weighted by molar-refractivity contribution is 5.67. The summed E-state index contributed by atoms with van der Waals surface area (Å²) in [4.78, 5) is 11.2. The monoisotopic (exact) mass is 237 g/mol. The molecule has 96 valence electrons. The van der Waals surface area contributed by atoms with Crippen LogP contribution in [0.1, 0.15) is 38.3 Å². The summed E-state index contributed by atoms with van der Waals surface area (Å²) in [5.41, 5.74) is 2.28. The number of rotatable bonds is 5. The first-order chi connectivity index (χ1) is 7.72. The lowest BCUT2D eigenvalue weighted by Crippen LogP contribution is -2.24. The Balaban J connectivity index is 0.00000256. The van der Waals surface area contributed by atoms with Crippen LogP contribution < -0.4 is 5.32 Å². The first-order valence-electron chi connectivity index (χ1n) is 5.68. The quantitative estimate of drug-likeness (QED) is 0.794. The largest absolute Gasteiger partial charge is 0.450 e. The van der Waals surface area contributed by atoms with Crippen molar-refractivity contribution in [2.24, 2.45) is 0 Å². The third kappa shape index (κ3) is 6.61. The van der Waals surface area contributed by atoms with Crippen LogP contribution in [0.2, 0.25) is 0 Å². The van der Waals surface area contributed by atoms with Gasteiger partial charge in [0.15, 0.2) is 0 Å². The van der Waals surface area contributed by atoms with Gasteiger partial charge in [0.25, 0.3) is 0 Å². The molecule has 3 nitrogen and oxygen atoms in total. The molecule has 1 aromatic carbocycles. The number of aryl methyl sites for hydroxylation is 1. The van der Waals surface area contributed by atoms with Crippen LogP contribution in [0.25, 0.3) is 0 Å². The summed E-state index contributed by atoms with van der Waals surface area (Å²) in [7, 11) is 0. The number of amides is 1. The van der Waals surface area contributed by atoms with Gasteiger partial charge in [-0.05, 0) is 18.9 Å². The smallest absolute Gasteiger partial charge is 0.407 e. The molecule has 0 saturated carbocycles. The van der Waals surface area contributed by atoms with Gasteiger partial charge in [0, 0.05) is 6.54 Å². The molecule has 0 aliphatic heterocycles. The zero-order valence-electron chi connectivity index (χ0n) is 9.95. The summed E-state index contributed by atoms with van der Waals surface area (Å²) in [6, 6.07) is 8.05. The van der Waals surface area contributed by atoms with Gasteiger partial charge in [-0.1, -0.05) is 50.6 Å². The van der Waals surface area contributed by atoms with Crippen molar-refractivity contribution < 1.29 is 9.53 Å². The molecule has 0 heterocycles. The Bertz CT molecular complexity index is 337. The van der Waals surface area contributed by atoms with E-state index in [9.17, 15) is 4.79 Å². The van der Waals surface area contributed by atoms with Gasteiger partial charge in [-0.3, -0.25) is 0 Å². The number of hydrogen-bond acceptors (Lipinski definition) is 2. The highest BCUT2D eigenvalue weighted by Gasteiger charge is 2.01. The molecule has 3 heteroatoms. The lowest BCUT2D eigenvalue weighted by Gasteiger charge is -2.06. The maximum absolute atomic E-state index is 11.2. The fourth-order valence-corrected chi connectivity index (χ4v) is 1.36. The number of nitrogens with one attached hydrogen (secondary N) is 1. The molecule has 0 unspecified atom stereocenters. The normalized spacial score (nSPS) is 9.29. The molecule has 1 amide bonds. The van der Waals surface area contributed by atoms with E-state index in [1.807, 2.05) is 31.2 Å². The van der Waals surface area contributed by atoms with Crippen molar-refractivity contribution in [3.05, 3.63) is 35.4 Å². The van der Waals surface area contributed by atoms with E-state index < -0.39 is 0 Å². The van der Waals surface area contributed by atoms with Gasteiger partial charge in [-0.15, -0.1) is 0 Å². The highest BCUT2D eigenvalue weighted by Crippen LogP contribution is 2.03. The molecule has 1 N–H and O–H groups in total. The van der Waals surface area contributed by atoms with Crippen LogP contribution >= 0.6 is 0 Å². The Hall–Kier alpha value is -1.51. The van der Waals surface area contributed by atoms with Crippen LogP contribution in [0, 0.1) is 6.92 Å². The fraction of sp³-hybridized carbons (Fsp3) is 0.500. The Labute approximate surface area is 104 Å². The number of carbonyl (C=O) groups excluding carboxylic acids is 1. The summed E-state index contributed by atoms with van der Waals surface area (Å²) in [5.74, 6) is 0. The number of carbonyl (C=O) groups is 1. The lowest BCUT2D eigenvalue weighted by atomic mass is 10.1. The van der Waals surface area contributed by atoms with Crippen LogP contribution in [0.4, 0.5) is 4.79 Å². The van der Waals surface area contributed by atoms with Gasteiger partial charge < -0.3 is 10.1 Å². The minimum Gasteiger partial charge on any atom is -0.450 e. The molecule has 0 aliphatic rings. The molecule has 0 aliphatic carbocycles. The summed E-state index contributed by atoms with van der Waals surface area (Å²) < 4.78 is 4.98. The van der Waals surface area contributed by atoms with Crippen molar-refractivity contribution in [1.82, 2.24) is 5.32 Å². The molecule has 0 spiro atoms. The van der Waals surface area contributed by atoms with Crippen LogP contribution in [0.5, 0.6) is 0 Å². The van der Waals surface area contributed by atoms with Crippen molar-refractivity contribution in [1.29, 1.82) is 0 Å². The second-order valence-electron chi connectivity index (χ2n) is 3.83. The van der Waals surface area contributed by atoms with Crippen LogP contribution in [0.3, 0.4) is 0 Å². The van der Waals surface area contributed by atoms with Crippen LogP contribution in [0.15, 0.2) is 24.3 Å². The Kier molecular flexibility index (Phi) is 7.85. The molecule has 1 rings (SSSR count). The van der Waals surface area contributed by atoms with Gasteiger partial charge in [-0.25, -0.2) is 4.79 Å². The predicted octanol–water partition coefficient (Wildman–Crippen LogP) is 3.66. The number of hydrogen-bond donors (Lipinski definition) is 1. The molecule has 1 aromatic rings. The van der Waals surface area contributed by atoms with E-state index in [2.05, 4.69) is 12.2 Å². The Morgan fingerprint density at radius 1 is 1.41 bits per heavy atom. The average Bonchev–Trinajstić information content (AvgIpc) is 2.27. The van der Waals surface area contributed by atoms with E-state index >= 15 is 0 Å². The number of ether oxygens (including phenoxy) is 1. The average molecular weight is 237 g/mol. The van der Waals surface area contributed by atoms with Crippen molar-refractivity contribution in [2.75, 3.05) is 6.61 Å². The van der Waals surface area contributed by atoms with E-state index in [0.29, 0.717) is 13.2 Å². The Morgan fingerprint density at radius 2 is 2.18 bits per heavy atom. The van der Waals surface area contributed by atoms with Crippen molar-refractivity contribution in [3.63, 3.8) is 0 Å². The van der Waals surface area contributed by atoms with Crippen LogP contribution in [-0.2, 0) is 11.3 Å². The highest BCUT2D eigenvalue weighted by atomic mass is 16.5. The molecule has 17 heavy (non-hydrogen) atoms.